The van der Waals surface area contributed by atoms with Crippen molar-refractivity contribution in [1.82, 2.24) is 0 Å². The molecule has 0 aliphatic rings. The predicted octanol–water partition coefficient (Wildman–Crippen LogP) is 2.06. The van der Waals surface area contributed by atoms with Crippen LogP contribution in [0.25, 0.3) is 10.1 Å². The van der Waals surface area contributed by atoms with Crippen LogP contribution in [0.1, 0.15) is 4.88 Å². The number of nitrogen functional groups attached to an aromatic ring is 1. The van der Waals surface area contributed by atoms with E-state index in [-0.39, 0.29) is 5.75 Å². The molecule has 0 bridgehead atoms. The highest BCUT2D eigenvalue weighted by Crippen LogP contribution is 2.33. The molecule has 4 heteroatoms. The summed E-state index contributed by atoms with van der Waals surface area (Å²) >= 11 is 1.32. The van der Waals surface area contributed by atoms with Gasteiger partial charge in [-0.1, -0.05) is 0 Å². The number of fused-ring (bicyclic) bond motifs is 1. The van der Waals surface area contributed by atoms with Gasteiger partial charge in [0.05, 0.1) is 0 Å². The molecule has 1 aromatic heterocycles. The Morgan fingerprint density at radius 2 is 2.15 bits per heavy atom. The average molecular weight is 190 g/mol. The first-order chi connectivity index (χ1) is 6.20. The summed E-state index contributed by atoms with van der Waals surface area (Å²) in [7, 11) is 0. The molecule has 13 heavy (non-hydrogen) atoms. The van der Waals surface area contributed by atoms with Gasteiger partial charge in [-0.3, -0.25) is 0 Å². The summed E-state index contributed by atoms with van der Waals surface area (Å²) < 4.78 is 0.842. The van der Waals surface area contributed by atoms with Crippen molar-refractivity contribution in [1.29, 1.82) is 5.26 Å². The Kier molecular flexibility index (Phi) is 1.61. The van der Waals surface area contributed by atoms with Gasteiger partial charge in [-0.25, -0.2) is 0 Å². The van der Waals surface area contributed by atoms with E-state index in [1.807, 2.05) is 6.07 Å². The molecule has 0 aliphatic heterocycles. The van der Waals surface area contributed by atoms with E-state index in [0.29, 0.717) is 16.0 Å². The van der Waals surface area contributed by atoms with Crippen molar-refractivity contribution in [2.24, 2.45) is 0 Å². The molecule has 0 radical (unpaired) electrons. The molecule has 0 fully saturated rings. The third-order valence-electron chi connectivity index (χ3n) is 1.75. The van der Waals surface area contributed by atoms with Gasteiger partial charge in [0.25, 0.3) is 0 Å². The zero-order valence-corrected chi connectivity index (χ0v) is 7.43. The maximum Gasteiger partial charge on any atom is 0.126 e. The minimum absolute atomic E-state index is 0.132. The molecule has 3 nitrogen and oxygen atoms in total. The van der Waals surface area contributed by atoms with Crippen LogP contribution in [0, 0.1) is 11.3 Å². The van der Waals surface area contributed by atoms with Gasteiger partial charge in [-0.15, -0.1) is 11.3 Å². The number of nitriles is 1. The minimum atomic E-state index is 0.132. The Morgan fingerprint density at radius 1 is 1.38 bits per heavy atom. The zero-order chi connectivity index (χ0) is 9.42. The lowest BCUT2D eigenvalue weighted by molar-refractivity contribution is 0.482. The standard InChI is InChI=1S/C9H6N2OS/c10-4-6-3-7-8(12)1-5(11)2-9(7)13-6/h1-3,12H,11H2. The maximum absolute atomic E-state index is 9.48. The maximum atomic E-state index is 9.48. The Hall–Kier alpha value is -1.73. The molecule has 64 valence electrons. The van der Waals surface area contributed by atoms with Crippen molar-refractivity contribution in [3.63, 3.8) is 0 Å². The van der Waals surface area contributed by atoms with Crippen LogP contribution in [-0.4, -0.2) is 5.11 Å². The lowest BCUT2D eigenvalue weighted by atomic mass is 10.2. The van der Waals surface area contributed by atoms with Crippen molar-refractivity contribution in [3.8, 4) is 11.8 Å². The topological polar surface area (TPSA) is 70.0 Å². The molecule has 0 unspecified atom stereocenters. The molecular weight excluding hydrogens is 184 g/mol. The molecule has 1 aromatic carbocycles. The quantitative estimate of drug-likeness (QED) is 0.624. The highest BCUT2D eigenvalue weighted by Gasteiger charge is 2.05. The van der Waals surface area contributed by atoms with Crippen LogP contribution >= 0.6 is 11.3 Å². The van der Waals surface area contributed by atoms with E-state index in [1.54, 1.807) is 12.1 Å². The number of anilines is 1. The van der Waals surface area contributed by atoms with Crippen molar-refractivity contribution in [2.75, 3.05) is 5.73 Å². The van der Waals surface area contributed by atoms with Gasteiger partial charge in [0.15, 0.2) is 0 Å². The fraction of sp³-hybridized carbons (Fsp3) is 0. The number of nitrogens with two attached hydrogens (primary N) is 1. The summed E-state index contributed by atoms with van der Waals surface area (Å²) in [5.41, 5.74) is 6.05. The Morgan fingerprint density at radius 3 is 2.85 bits per heavy atom. The number of phenolic OH excluding ortho intramolecular Hbond substituents is 1. The van der Waals surface area contributed by atoms with Crippen molar-refractivity contribution >= 4 is 27.1 Å². The smallest absolute Gasteiger partial charge is 0.126 e. The number of rotatable bonds is 0. The monoisotopic (exact) mass is 190 g/mol. The van der Waals surface area contributed by atoms with Crippen LogP contribution in [0.4, 0.5) is 5.69 Å². The van der Waals surface area contributed by atoms with E-state index < -0.39 is 0 Å². The number of phenols is 1. The van der Waals surface area contributed by atoms with E-state index >= 15 is 0 Å². The first kappa shape index (κ1) is 7.90. The SMILES string of the molecule is N#Cc1cc2c(O)cc(N)cc2s1. The summed E-state index contributed by atoms with van der Waals surface area (Å²) in [5.74, 6) is 0.132. The minimum Gasteiger partial charge on any atom is -0.507 e. The van der Waals surface area contributed by atoms with Crippen LogP contribution < -0.4 is 5.73 Å². The second kappa shape index (κ2) is 2.64. The second-order valence-electron chi connectivity index (χ2n) is 2.67. The fourth-order valence-electron chi connectivity index (χ4n) is 1.20. The Balaban J connectivity index is 2.84. The average Bonchev–Trinajstić information content (AvgIpc) is 2.47. The molecule has 3 N–H and O–H groups in total. The first-order valence-electron chi connectivity index (χ1n) is 3.63. The highest BCUT2D eigenvalue weighted by molar-refractivity contribution is 7.19. The normalized spacial score (nSPS) is 10.1. The number of nitrogens with zero attached hydrogens (tertiary/aromatic N) is 1. The third-order valence-corrected chi connectivity index (χ3v) is 2.73. The molecule has 0 atom stereocenters. The molecular formula is C9H6N2OS. The van der Waals surface area contributed by atoms with Crippen LogP contribution in [-0.2, 0) is 0 Å². The van der Waals surface area contributed by atoms with Crippen molar-refractivity contribution < 1.29 is 5.11 Å². The predicted molar refractivity (Wildman–Crippen MR) is 52.6 cm³/mol. The molecule has 0 amide bonds. The molecule has 2 rings (SSSR count). The van der Waals surface area contributed by atoms with Gasteiger partial charge in [-0.2, -0.15) is 5.26 Å². The van der Waals surface area contributed by atoms with Gasteiger partial charge >= 0.3 is 0 Å². The lowest BCUT2D eigenvalue weighted by Gasteiger charge is -1.96. The highest BCUT2D eigenvalue weighted by atomic mass is 32.1. The van der Waals surface area contributed by atoms with Gasteiger partial charge in [-0.05, 0) is 12.1 Å². The second-order valence-corrected chi connectivity index (χ2v) is 3.76. The number of aromatic hydroxyl groups is 1. The van der Waals surface area contributed by atoms with Crippen LogP contribution in [0.3, 0.4) is 0 Å². The summed E-state index contributed by atoms with van der Waals surface area (Å²) in [6.07, 6.45) is 0. The first-order valence-corrected chi connectivity index (χ1v) is 4.44. The van der Waals surface area contributed by atoms with Gasteiger partial charge in [0.2, 0.25) is 0 Å². The van der Waals surface area contributed by atoms with Crippen LogP contribution in [0.5, 0.6) is 5.75 Å². The molecule has 0 saturated carbocycles. The number of hydrogen-bond acceptors (Lipinski definition) is 4. The molecule has 2 aromatic rings. The van der Waals surface area contributed by atoms with Crippen molar-refractivity contribution in [3.05, 3.63) is 23.1 Å². The van der Waals surface area contributed by atoms with E-state index in [2.05, 4.69) is 0 Å². The van der Waals surface area contributed by atoms with E-state index in [9.17, 15) is 5.11 Å². The van der Waals surface area contributed by atoms with E-state index in [0.717, 1.165) is 4.70 Å². The molecule has 0 saturated heterocycles. The summed E-state index contributed by atoms with van der Waals surface area (Å²) in [6, 6.07) is 6.92. The van der Waals surface area contributed by atoms with Crippen molar-refractivity contribution in [2.45, 2.75) is 0 Å². The number of hydrogen-bond donors (Lipinski definition) is 2. The third kappa shape index (κ3) is 1.19. The molecule has 1 heterocycles. The van der Waals surface area contributed by atoms with Gasteiger partial charge in [0.1, 0.15) is 16.7 Å². The van der Waals surface area contributed by atoms with Crippen LogP contribution in [0.2, 0.25) is 0 Å². The Bertz CT molecular complexity index is 510. The van der Waals surface area contributed by atoms with Gasteiger partial charge < -0.3 is 10.8 Å². The van der Waals surface area contributed by atoms with Crippen LogP contribution in [0.15, 0.2) is 18.2 Å². The zero-order valence-electron chi connectivity index (χ0n) is 6.61. The largest absolute Gasteiger partial charge is 0.507 e. The summed E-state index contributed by atoms with van der Waals surface area (Å²) in [5, 5.41) is 18.8. The van der Waals surface area contributed by atoms with Gasteiger partial charge in [0, 0.05) is 21.8 Å². The summed E-state index contributed by atoms with van der Waals surface area (Å²) in [6.45, 7) is 0. The molecule has 0 aliphatic carbocycles. The molecule has 0 spiro atoms. The number of thiophene rings is 1. The summed E-state index contributed by atoms with van der Waals surface area (Å²) in [4.78, 5) is 0.580. The van der Waals surface area contributed by atoms with E-state index in [1.165, 1.54) is 17.4 Å². The van der Waals surface area contributed by atoms with E-state index in [4.69, 9.17) is 11.0 Å². The Labute approximate surface area is 78.6 Å². The lowest BCUT2D eigenvalue weighted by Crippen LogP contribution is -1.82. The fourth-order valence-corrected chi connectivity index (χ4v) is 2.12. The number of benzene rings is 1.